The molecule has 0 unspecified atom stereocenters. The van der Waals surface area contributed by atoms with E-state index in [0.29, 0.717) is 30.5 Å². The molecule has 0 aliphatic heterocycles. The number of methoxy groups -OCH3 is 2. The van der Waals surface area contributed by atoms with Gasteiger partial charge >= 0.3 is 0 Å². The molecule has 2 rings (SSSR count). The monoisotopic (exact) mass is 236 g/mol. The van der Waals surface area contributed by atoms with Gasteiger partial charge in [0.1, 0.15) is 0 Å². The molecular formula is C11H16N4O2. The normalized spacial score (nSPS) is 10.5. The summed E-state index contributed by atoms with van der Waals surface area (Å²) in [5.41, 5.74) is 7.13. The van der Waals surface area contributed by atoms with Gasteiger partial charge in [0, 0.05) is 25.2 Å². The second-order valence-corrected chi connectivity index (χ2v) is 3.53. The van der Waals surface area contributed by atoms with Crippen LogP contribution < -0.4 is 20.5 Å². The molecule has 0 aliphatic carbocycles. The second-order valence-electron chi connectivity index (χ2n) is 3.53. The zero-order valence-electron chi connectivity index (χ0n) is 9.91. The van der Waals surface area contributed by atoms with Gasteiger partial charge in [0.05, 0.1) is 25.3 Å². The quantitative estimate of drug-likeness (QED) is 0.719. The van der Waals surface area contributed by atoms with Gasteiger partial charge in [-0.25, -0.2) is 4.98 Å². The van der Waals surface area contributed by atoms with Crippen molar-refractivity contribution in [1.29, 1.82) is 0 Å². The van der Waals surface area contributed by atoms with Crippen LogP contribution in [0.25, 0.3) is 11.0 Å². The number of fused-ring (bicyclic) bond motifs is 1. The molecule has 1 heterocycles. The first-order valence-electron chi connectivity index (χ1n) is 5.34. The number of hydrogen-bond acceptors (Lipinski definition) is 5. The van der Waals surface area contributed by atoms with Gasteiger partial charge in [-0.1, -0.05) is 0 Å². The van der Waals surface area contributed by atoms with Crippen molar-refractivity contribution in [2.45, 2.75) is 0 Å². The lowest BCUT2D eigenvalue weighted by Gasteiger charge is -2.06. The van der Waals surface area contributed by atoms with Gasteiger partial charge in [0.25, 0.3) is 0 Å². The number of benzene rings is 1. The molecule has 2 aromatic rings. The molecule has 4 N–H and O–H groups in total. The van der Waals surface area contributed by atoms with Crippen molar-refractivity contribution in [2.24, 2.45) is 5.73 Å². The third kappa shape index (κ3) is 2.26. The van der Waals surface area contributed by atoms with Crippen LogP contribution >= 0.6 is 0 Å². The summed E-state index contributed by atoms with van der Waals surface area (Å²) in [6.45, 7) is 1.23. The summed E-state index contributed by atoms with van der Waals surface area (Å²) in [4.78, 5) is 7.52. The average molecular weight is 236 g/mol. The van der Waals surface area contributed by atoms with Crippen molar-refractivity contribution in [3.05, 3.63) is 12.1 Å². The fraction of sp³-hybridized carbons (Fsp3) is 0.364. The lowest BCUT2D eigenvalue weighted by atomic mass is 10.3. The minimum absolute atomic E-state index is 0.559. The fourth-order valence-corrected chi connectivity index (χ4v) is 1.61. The maximum Gasteiger partial charge on any atom is 0.201 e. The molecule has 0 atom stereocenters. The Kier molecular flexibility index (Phi) is 3.34. The number of nitrogens with two attached hydrogens (primary N) is 1. The minimum atomic E-state index is 0.559. The van der Waals surface area contributed by atoms with Crippen molar-refractivity contribution >= 4 is 17.0 Å². The summed E-state index contributed by atoms with van der Waals surface area (Å²) in [5, 5.41) is 3.09. The van der Waals surface area contributed by atoms with Gasteiger partial charge in [-0.2, -0.15) is 0 Å². The van der Waals surface area contributed by atoms with Gasteiger partial charge in [-0.15, -0.1) is 0 Å². The Balaban J connectivity index is 2.39. The first kappa shape index (κ1) is 11.5. The highest BCUT2D eigenvalue weighted by Gasteiger charge is 2.09. The Morgan fingerprint density at radius 3 is 2.65 bits per heavy atom. The second kappa shape index (κ2) is 4.92. The van der Waals surface area contributed by atoms with Crippen LogP contribution in [0.15, 0.2) is 12.1 Å². The molecule has 6 nitrogen and oxygen atoms in total. The number of aromatic nitrogens is 2. The Labute approximate surface area is 99.1 Å². The summed E-state index contributed by atoms with van der Waals surface area (Å²) in [5.74, 6) is 2.03. The SMILES string of the molecule is COc1cc2nc(NCCN)[nH]c2cc1OC. The zero-order chi connectivity index (χ0) is 12.3. The van der Waals surface area contributed by atoms with Crippen LogP contribution in [0.4, 0.5) is 5.95 Å². The van der Waals surface area contributed by atoms with Crippen LogP contribution in [-0.4, -0.2) is 37.3 Å². The molecule has 0 spiro atoms. The Bertz CT molecular complexity index is 468. The van der Waals surface area contributed by atoms with Crippen LogP contribution in [0, 0.1) is 0 Å². The van der Waals surface area contributed by atoms with Crippen LogP contribution in [0.3, 0.4) is 0 Å². The van der Waals surface area contributed by atoms with Crippen molar-refractivity contribution in [3.8, 4) is 11.5 Å². The number of nitrogens with zero attached hydrogens (tertiary/aromatic N) is 1. The molecule has 92 valence electrons. The summed E-state index contributed by atoms with van der Waals surface area (Å²) < 4.78 is 10.4. The highest BCUT2D eigenvalue weighted by Crippen LogP contribution is 2.31. The summed E-state index contributed by atoms with van der Waals surface area (Å²) >= 11 is 0. The molecule has 0 amide bonds. The number of ether oxygens (including phenoxy) is 2. The molecule has 0 saturated heterocycles. The summed E-state index contributed by atoms with van der Waals surface area (Å²) in [6.07, 6.45) is 0. The molecule has 0 aliphatic rings. The highest BCUT2D eigenvalue weighted by atomic mass is 16.5. The third-order valence-electron chi connectivity index (χ3n) is 2.42. The van der Waals surface area contributed by atoms with E-state index in [4.69, 9.17) is 15.2 Å². The third-order valence-corrected chi connectivity index (χ3v) is 2.42. The van der Waals surface area contributed by atoms with E-state index in [2.05, 4.69) is 15.3 Å². The van der Waals surface area contributed by atoms with Crippen molar-refractivity contribution in [3.63, 3.8) is 0 Å². The summed E-state index contributed by atoms with van der Waals surface area (Å²) in [6, 6.07) is 3.69. The van der Waals surface area contributed by atoms with Gasteiger partial charge in [-0.3, -0.25) is 0 Å². The Morgan fingerprint density at radius 2 is 2.00 bits per heavy atom. The van der Waals surface area contributed by atoms with E-state index in [9.17, 15) is 0 Å². The van der Waals surface area contributed by atoms with Gasteiger partial charge in [0.15, 0.2) is 11.5 Å². The van der Waals surface area contributed by atoms with E-state index in [0.717, 1.165) is 11.0 Å². The highest BCUT2D eigenvalue weighted by molar-refractivity contribution is 5.81. The average Bonchev–Trinajstić information content (AvgIpc) is 2.76. The first-order valence-corrected chi connectivity index (χ1v) is 5.34. The number of hydrogen-bond donors (Lipinski definition) is 3. The number of nitrogens with one attached hydrogen (secondary N) is 2. The zero-order valence-corrected chi connectivity index (χ0v) is 9.91. The lowest BCUT2D eigenvalue weighted by Crippen LogP contribution is -2.13. The van der Waals surface area contributed by atoms with Crippen LogP contribution in [0.5, 0.6) is 11.5 Å². The fourth-order valence-electron chi connectivity index (χ4n) is 1.61. The van der Waals surface area contributed by atoms with Crippen LogP contribution in [-0.2, 0) is 0 Å². The number of H-pyrrole nitrogens is 1. The van der Waals surface area contributed by atoms with Crippen molar-refractivity contribution < 1.29 is 9.47 Å². The maximum absolute atomic E-state index is 5.42. The van der Waals surface area contributed by atoms with E-state index in [1.54, 1.807) is 14.2 Å². The van der Waals surface area contributed by atoms with E-state index in [-0.39, 0.29) is 0 Å². The van der Waals surface area contributed by atoms with Gasteiger partial charge in [0.2, 0.25) is 5.95 Å². The van der Waals surface area contributed by atoms with Crippen molar-refractivity contribution in [2.75, 3.05) is 32.6 Å². The predicted molar refractivity (Wildman–Crippen MR) is 66.7 cm³/mol. The Morgan fingerprint density at radius 1 is 1.29 bits per heavy atom. The number of imidazole rings is 1. The van der Waals surface area contributed by atoms with Crippen molar-refractivity contribution in [1.82, 2.24) is 9.97 Å². The van der Waals surface area contributed by atoms with E-state index in [1.165, 1.54) is 0 Å². The predicted octanol–water partition coefficient (Wildman–Crippen LogP) is 0.951. The molecule has 0 radical (unpaired) electrons. The molecule has 1 aromatic carbocycles. The topological polar surface area (TPSA) is 85.2 Å². The molecule has 0 fully saturated rings. The minimum Gasteiger partial charge on any atom is -0.493 e. The Hall–Kier alpha value is -1.95. The number of rotatable bonds is 5. The van der Waals surface area contributed by atoms with E-state index in [1.807, 2.05) is 12.1 Å². The van der Waals surface area contributed by atoms with Gasteiger partial charge < -0.3 is 25.5 Å². The summed E-state index contributed by atoms with van der Waals surface area (Å²) in [7, 11) is 3.21. The molecule has 17 heavy (non-hydrogen) atoms. The first-order chi connectivity index (χ1) is 8.28. The number of aromatic amines is 1. The number of anilines is 1. The molecular weight excluding hydrogens is 220 g/mol. The standard InChI is InChI=1S/C11H16N4O2/c1-16-9-5-7-8(6-10(9)17-2)15-11(14-7)13-4-3-12/h5-6H,3-4,12H2,1-2H3,(H2,13,14,15). The molecule has 0 bridgehead atoms. The molecule has 1 aromatic heterocycles. The van der Waals surface area contributed by atoms with Crippen LogP contribution in [0.1, 0.15) is 0 Å². The van der Waals surface area contributed by atoms with E-state index >= 15 is 0 Å². The molecule has 0 saturated carbocycles. The van der Waals surface area contributed by atoms with Crippen LogP contribution in [0.2, 0.25) is 0 Å². The maximum atomic E-state index is 5.42. The molecule has 6 heteroatoms. The lowest BCUT2D eigenvalue weighted by molar-refractivity contribution is 0.356. The largest absolute Gasteiger partial charge is 0.493 e. The van der Waals surface area contributed by atoms with Gasteiger partial charge in [-0.05, 0) is 0 Å². The van der Waals surface area contributed by atoms with E-state index < -0.39 is 0 Å². The smallest absolute Gasteiger partial charge is 0.201 e.